The van der Waals surface area contributed by atoms with Crippen molar-refractivity contribution in [1.82, 2.24) is 10.2 Å². The van der Waals surface area contributed by atoms with Gasteiger partial charge >= 0.3 is 6.03 Å². The SMILES string of the molecule is CCCCC(COC)NC(=O)N1CCCC1CO. The van der Waals surface area contributed by atoms with Crippen LogP contribution in [0.4, 0.5) is 4.79 Å². The fraction of sp³-hybridized carbons (Fsp3) is 0.923. The fourth-order valence-electron chi connectivity index (χ4n) is 2.40. The van der Waals surface area contributed by atoms with Crippen molar-refractivity contribution in [3.05, 3.63) is 0 Å². The zero-order valence-corrected chi connectivity index (χ0v) is 11.5. The first kappa shape index (κ1) is 15.2. The number of likely N-dealkylation sites (tertiary alicyclic amines) is 1. The van der Waals surface area contributed by atoms with E-state index in [0.29, 0.717) is 6.61 Å². The van der Waals surface area contributed by atoms with E-state index < -0.39 is 0 Å². The molecular weight excluding hydrogens is 232 g/mol. The van der Waals surface area contributed by atoms with E-state index in [0.717, 1.165) is 38.6 Å². The van der Waals surface area contributed by atoms with Crippen molar-refractivity contribution >= 4 is 6.03 Å². The number of methoxy groups -OCH3 is 1. The molecule has 1 rings (SSSR count). The van der Waals surface area contributed by atoms with Gasteiger partial charge in [-0.25, -0.2) is 4.79 Å². The molecule has 0 saturated carbocycles. The highest BCUT2D eigenvalue weighted by Gasteiger charge is 2.29. The first-order valence-electron chi connectivity index (χ1n) is 6.89. The monoisotopic (exact) mass is 258 g/mol. The highest BCUT2D eigenvalue weighted by Crippen LogP contribution is 2.16. The number of ether oxygens (including phenoxy) is 1. The van der Waals surface area contributed by atoms with Gasteiger partial charge < -0.3 is 20.1 Å². The van der Waals surface area contributed by atoms with Gasteiger partial charge in [-0.3, -0.25) is 0 Å². The van der Waals surface area contributed by atoms with E-state index in [2.05, 4.69) is 12.2 Å². The van der Waals surface area contributed by atoms with E-state index in [4.69, 9.17) is 4.74 Å². The highest BCUT2D eigenvalue weighted by atomic mass is 16.5. The maximum atomic E-state index is 12.1. The van der Waals surface area contributed by atoms with E-state index in [1.54, 1.807) is 12.0 Å². The lowest BCUT2D eigenvalue weighted by atomic mass is 10.1. The Kier molecular flexibility index (Phi) is 7.05. The summed E-state index contributed by atoms with van der Waals surface area (Å²) in [5.41, 5.74) is 0. The molecule has 1 aliphatic heterocycles. The average Bonchev–Trinajstić information content (AvgIpc) is 2.84. The summed E-state index contributed by atoms with van der Waals surface area (Å²) in [6.45, 7) is 3.47. The predicted octanol–water partition coefficient (Wildman–Crippen LogP) is 1.36. The normalized spacial score (nSPS) is 21.1. The van der Waals surface area contributed by atoms with Gasteiger partial charge in [0.15, 0.2) is 0 Å². The van der Waals surface area contributed by atoms with Crippen LogP contribution >= 0.6 is 0 Å². The summed E-state index contributed by atoms with van der Waals surface area (Å²) in [6, 6.07) is -0.00790. The zero-order valence-electron chi connectivity index (χ0n) is 11.5. The van der Waals surface area contributed by atoms with E-state index in [9.17, 15) is 9.90 Å². The first-order chi connectivity index (χ1) is 8.72. The third kappa shape index (κ3) is 4.46. The maximum Gasteiger partial charge on any atom is 0.318 e. The molecule has 1 aliphatic rings. The molecule has 1 heterocycles. The number of nitrogens with zero attached hydrogens (tertiary/aromatic N) is 1. The molecule has 106 valence electrons. The van der Waals surface area contributed by atoms with E-state index in [1.807, 2.05) is 0 Å². The largest absolute Gasteiger partial charge is 0.394 e. The van der Waals surface area contributed by atoms with Crippen LogP contribution < -0.4 is 5.32 Å². The lowest BCUT2D eigenvalue weighted by Gasteiger charge is -2.26. The van der Waals surface area contributed by atoms with Crippen LogP contribution in [-0.4, -0.2) is 55.0 Å². The summed E-state index contributed by atoms with van der Waals surface area (Å²) in [5.74, 6) is 0. The molecule has 0 aromatic heterocycles. The smallest absolute Gasteiger partial charge is 0.318 e. The van der Waals surface area contributed by atoms with Crippen LogP contribution in [-0.2, 0) is 4.74 Å². The molecular formula is C13H26N2O3. The van der Waals surface area contributed by atoms with E-state index in [-0.39, 0.29) is 24.7 Å². The van der Waals surface area contributed by atoms with Gasteiger partial charge in [0.05, 0.1) is 25.3 Å². The van der Waals surface area contributed by atoms with Gasteiger partial charge in [0.25, 0.3) is 0 Å². The van der Waals surface area contributed by atoms with Gasteiger partial charge in [-0.1, -0.05) is 19.8 Å². The molecule has 2 N–H and O–H groups in total. The summed E-state index contributed by atoms with van der Waals surface area (Å²) in [5, 5.41) is 12.2. The fourth-order valence-corrected chi connectivity index (χ4v) is 2.40. The minimum Gasteiger partial charge on any atom is -0.394 e. The Morgan fingerprint density at radius 2 is 2.39 bits per heavy atom. The number of hydrogen-bond acceptors (Lipinski definition) is 3. The van der Waals surface area contributed by atoms with Crippen molar-refractivity contribution in [3.63, 3.8) is 0 Å². The quantitative estimate of drug-likeness (QED) is 0.725. The van der Waals surface area contributed by atoms with Crippen molar-refractivity contribution in [3.8, 4) is 0 Å². The van der Waals surface area contributed by atoms with Gasteiger partial charge in [0.1, 0.15) is 0 Å². The summed E-state index contributed by atoms with van der Waals surface area (Å²) in [4.78, 5) is 13.9. The molecule has 2 amide bonds. The van der Waals surface area contributed by atoms with Crippen LogP contribution in [0.1, 0.15) is 39.0 Å². The molecule has 0 aliphatic carbocycles. The maximum absolute atomic E-state index is 12.1. The Morgan fingerprint density at radius 1 is 1.61 bits per heavy atom. The van der Waals surface area contributed by atoms with Crippen molar-refractivity contribution in [2.75, 3.05) is 26.9 Å². The second-order valence-electron chi connectivity index (χ2n) is 4.92. The van der Waals surface area contributed by atoms with Crippen LogP contribution in [0.25, 0.3) is 0 Å². The van der Waals surface area contributed by atoms with E-state index >= 15 is 0 Å². The number of carbonyl (C=O) groups is 1. The van der Waals surface area contributed by atoms with Gasteiger partial charge in [-0.2, -0.15) is 0 Å². The molecule has 0 bridgehead atoms. The third-order valence-electron chi connectivity index (χ3n) is 3.45. The molecule has 0 aromatic carbocycles. The number of urea groups is 1. The Labute approximate surface area is 109 Å². The second kappa shape index (κ2) is 8.32. The molecule has 0 radical (unpaired) electrons. The van der Waals surface area contributed by atoms with Crippen molar-refractivity contribution < 1.29 is 14.6 Å². The van der Waals surface area contributed by atoms with Crippen LogP contribution in [0.15, 0.2) is 0 Å². The highest BCUT2D eigenvalue weighted by molar-refractivity contribution is 5.75. The van der Waals surface area contributed by atoms with Crippen molar-refractivity contribution in [2.24, 2.45) is 0 Å². The average molecular weight is 258 g/mol. The van der Waals surface area contributed by atoms with Crippen LogP contribution in [0.2, 0.25) is 0 Å². The molecule has 1 saturated heterocycles. The molecule has 0 aromatic rings. The second-order valence-corrected chi connectivity index (χ2v) is 4.92. The summed E-state index contributed by atoms with van der Waals surface area (Å²) < 4.78 is 5.14. The minimum absolute atomic E-state index is 0.0145. The number of carbonyl (C=O) groups excluding carboxylic acids is 1. The standard InChI is InChI=1S/C13H26N2O3/c1-3-4-6-11(10-18-2)14-13(17)15-8-5-7-12(15)9-16/h11-12,16H,3-10H2,1-2H3,(H,14,17). The lowest BCUT2D eigenvalue weighted by Crippen LogP contribution is -2.49. The number of amides is 2. The number of hydrogen-bond donors (Lipinski definition) is 2. The van der Waals surface area contributed by atoms with Crippen molar-refractivity contribution in [2.45, 2.75) is 51.1 Å². The number of nitrogens with one attached hydrogen (secondary N) is 1. The van der Waals surface area contributed by atoms with Gasteiger partial charge in [-0.15, -0.1) is 0 Å². The van der Waals surface area contributed by atoms with Gasteiger partial charge in [-0.05, 0) is 19.3 Å². The Morgan fingerprint density at radius 3 is 3.00 bits per heavy atom. The van der Waals surface area contributed by atoms with Gasteiger partial charge in [0.2, 0.25) is 0 Å². The predicted molar refractivity (Wildman–Crippen MR) is 70.5 cm³/mol. The number of aliphatic hydroxyl groups excluding tert-OH is 1. The Bertz CT molecular complexity index is 248. The molecule has 2 atom stereocenters. The molecule has 5 nitrogen and oxygen atoms in total. The number of rotatable bonds is 7. The van der Waals surface area contributed by atoms with Crippen LogP contribution in [0.5, 0.6) is 0 Å². The topological polar surface area (TPSA) is 61.8 Å². The summed E-state index contributed by atoms with van der Waals surface area (Å²) in [7, 11) is 1.65. The zero-order chi connectivity index (χ0) is 13.4. The van der Waals surface area contributed by atoms with Gasteiger partial charge in [0, 0.05) is 13.7 Å². The molecule has 0 spiro atoms. The van der Waals surface area contributed by atoms with E-state index in [1.165, 1.54) is 0 Å². The Balaban J connectivity index is 2.43. The number of unbranched alkanes of at least 4 members (excludes halogenated alkanes) is 1. The number of aliphatic hydroxyl groups is 1. The van der Waals surface area contributed by atoms with Crippen molar-refractivity contribution in [1.29, 1.82) is 0 Å². The minimum atomic E-state index is -0.0651. The molecule has 18 heavy (non-hydrogen) atoms. The molecule has 1 fully saturated rings. The summed E-state index contributed by atoms with van der Waals surface area (Å²) in [6.07, 6.45) is 5.00. The molecule has 5 heteroatoms. The summed E-state index contributed by atoms with van der Waals surface area (Å²) >= 11 is 0. The lowest BCUT2D eigenvalue weighted by molar-refractivity contribution is 0.136. The third-order valence-corrected chi connectivity index (χ3v) is 3.45. The molecule has 2 unspecified atom stereocenters. The first-order valence-corrected chi connectivity index (χ1v) is 6.89. The van der Waals surface area contributed by atoms with Crippen LogP contribution in [0, 0.1) is 0 Å². The Hall–Kier alpha value is -0.810. The van der Waals surface area contributed by atoms with Crippen LogP contribution in [0.3, 0.4) is 0 Å².